The van der Waals surface area contributed by atoms with Crippen LogP contribution in [0.25, 0.3) is 0 Å². The third-order valence-electron chi connectivity index (χ3n) is 3.98. The number of β-amino-alcohol motifs (C(OH)–C–C–N with tert-alkyl or cyclic N) is 1. The first-order valence-corrected chi connectivity index (χ1v) is 7.46. The molecule has 0 spiro atoms. The number of furan rings is 1. The van der Waals surface area contributed by atoms with Crippen LogP contribution < -0.4 is 4.90 Å². The molecular weight excluding hydrogens is 296 g/mol. The Bertz CT molecular complexity index is 711. The van der Waals surface area contributed by atoms with Gasteiger partial charge in [0, 0.05) is 20.1 Å². The molecule has 1 aromatic heterocycles. The maximum Gasteiger partial charge on any atom is 0.293 e. The summed E-state index contributed by atoms with van der Waals surface area (Å²) in [6, 6.07) is 10.2. The van der Waals surface area contributed by atoms with Crippen LogP contribution in [0.1, 0.15) is 27.3 Å². The molecule has 120 valence electrons. The fourth-order valence-electron chi connectivity index (χ4n) is 2.72. The van der Waals surface area contributed by atoms with Gasteiger partial charge in [-0.2, -0.15) is 0 Å². The second-order valence-electron chi connectivity index (χ2n) is 5.55. The van der Waals surface area contributed by atoms with Crippen LogP contribution >= 0.6 is 0 Å². The summed E-state index contributed by atoms with van der Waals surface area (Å²) in [5.74, 6) is -0.292. The van der Waals surface area contributed by atoms with Gasteiger partial charge in [0.1, 0.15) is 0 Å². The Balaban J connectivity index is 1.88. The SMILES string of the molecule is CN(C(=O)c1ccco1)c1ccccc1C(=O)N1CC[C@@H](O)C1. The summed E-state index contributed by atoms with van der Waals surface area (Å²) < 4.78 is 5.13. The normalized spacial score (nSPS) is 17.3. The minimum Gasteiger partial charge on any atom is -0.459 e. The average molecular weight is 314 g/mol. The van der Waals surface area contributed by atoms with Crippen LogP contribution in [-0.4, -0.2) is 48.1 Å². The minimum atomic E-state index is -0.478. The number of aliphatic hydroxyl groups excluding tert-OH is 1. The van der Waals surface area contributed by atoms with Crippen molar-refractivity contribution in [2.75, 3.05) is 25.0 Å². The topological polar surface area (TPSA) is 74.0 Å². The van der Waals surface area contributed by atoms with E-state index in [1.807, 2.05) is 0 Å². The molecule has 6 heteroatoms. The average Bonchev–Trinajstić information content (AvgIpc) is 3.24. The highest BCUT2D eigenvalue weighted by atomic mass is 16.3. The monoisotopic (exact) mass is 314 g/mol. The molecule has 0 bridgehead atoms. The van der Waals surface area contributed by atoms with Crippen LogP contribution in [0.5, 0.6) is 0 Å². The number of aliphatic hydroxyl groups is 1. The van der Waals surface area contributed by atoms with E-state index in [1.54, 1.807) is 48.3 Å². The highest BCUT2D eigenvalue weighted by molar-refractivity contribution is 6.09. The minimum absolute atomic E-state index is 0.184. The van der Waals surface area contributed by atoms with E-state index in [-0.39, 0.29) is 17.6 Å². The molecule has 0 aliphatic carbocycles. The number of amides is 2. The van der Waals surface area contributed by atoms with E-state index in [9.17, 15) is 14.7 Å². The summed E-state index contributed by atoms with van der Waals surface area (Å²) in [4.78, 5) is 28.1. The van der Waals surface area contributed by atoms with Gasteiger partial charge in [-0.1, -0.05) is 12.1 Å². The van der Waals surface area contributed by atoms with Crippen molar-refractivity contribution in [3.05, 3.63) is 54.0 Å². The molecule has 2 amide bonds. The smallest absolute Gasteiger partial charge is 0.293 e. The predicted molar refractivity (Wildman–Crippen MR) is 84.4 cm³/mol. The van der Waals surface area contributed by atoms with Gasteiger partial charge < -0.3 is 19.3 Å². The molecule has 1 atom stereocenters. The van der Waals surface area contributed by atoms with Gasteiger partial charge >= 0.3 is 0 Å². The van der Waals surface area contributed by atoms with E-state index in [0.29, 0.717) is 30.8 Å². The first-order valence-electron chi connectivity index (χ1n) is 7.46. The van der Waals surface area contributed by atoms with Crippen LogP contribution in [0.4, 0.5) is 5.69 Å². The van der Waals surface area contributed by atoms with E-state index >= 15 is 0 Å². The highest BCUT2D eigenvalue weighted by Crippen LogP contribution is 2.24. The largest absolute Gasteiger partial charge is 0.459 e. The van der Waals surface area contributed by atoms with Crippen molar-refractivity contribution in [2.24, 2.45) is 0 Å². The van der Waals surface area contributed by atoms with Crippen molar-refractivity contribution in [2.45, 2.75) is 12.5 Å². The first-order chi connectivity index (χ1) is 11.1. The lowest BCUT2D eigenvalue weighted by atomic mass is 10.1. The zero-order chi connectivity index (χ0) is 16.4. The molecular formula is C17H18N2O4. The maximum atomic E-state index is 12.7. The summed E-state index contributed by atoms with van der Waals surface area (Å²) in [6.45, 7) is 0.840. The molecule has 0 saturated carbocycles. The molecule has 23 heavy (non-hydrogen) atoms. The number of rotatable bonds is 3. The van der Waals surface area contributed by atoms with Crippen LogP contribution in [0.3, 0.4) is 0 Å². The Morgan fingerprint density at radius 3 is 2.70 bits per heavy atom. The molecule has 0 radical (unpaired) electrons. The number of carbonyl (C=O) groups is 2. The van der Waals surface area contributed by atoms with Gasteiger partial charge in [-0.25, -0.2) is 0 Å². The van der Waals surface area contributed by atoms with Crippen molar-refractivity contribution in [1.82, 2.24) is 4.90 Å². The number of para-hydroxylation sites is 1. The van der Waals surface area contributed by atoms with Gasteiger partial charge in [0.05, 0.1) is 23.6 Å². The van der Waals surface area contributed by atoms with Crippen LogP contribution in [-0.2, 0) is 0 Å². The van der Waals surface area contributed by atoms with E-state index in [2.05, 4.69) is 0 Å². The molecule has 2 heterocycles. The van der Waals surface area contributed by atoms with Crippen LogP contribution in [0.15, 0.2) is 47.1 Å². The van der Waals surface area contributed by atoms with Crippen molar-refractivity contribution >= 4 is 17.5 Å². The van der Waals surface area contributed by atoms with Gasteiger partial charge in [0.2, 0.25) is 0 Å². The van der Waals surface area contributed by atoms with E-state index < -0.39 is 6.10 Å². The van der Waals surface area contributed by atoms with Crippen molar-refractivity contribution in [3.8, 4) is 0 Å². The summed E-state index contributed by atoms with van der Waals surface area (Å²) in [7, 11) is 1.61. The summed E-state index contributed by atoms with van der Waals surface area (Å²) in [5, 5.41) is 9.62. The number of benzene rings is 1. The van der Waals surface area contributed by atoms with E-state index in [0.717, 1.165) is 0 Å². The molecule has 1 fully saturated rings. The van der Waals surface area contributed by atoms with Gasteiger partial charge in [0.15, 0.2) is 5.76 Å². The lowest BCUT2D eigenvalue weighted by Gasteiger charge is -2.22. The Morgan fingerprint density at radius 2 is 2.04 bits per heavy atom. The zero-order valence-electron chi connectivity index (χ0n) is 12.8. The van der Waals surface area contributed by atoms with Gasteiger partial charge in [-0.15, -0.1) is 0 Å². The predicted octanol–water partition coefficient (Wildman–Crippen LogP) is 1.76. The van der Waals surface area contributed by atoms with Gasteiger partial charge in [-0.3, -0.25) is 9.59 Å². The Kier molecular flexibility index (Phi) is 4.16. The number of hydrogen-bond acceptors (Lipinski definition) is 4. The van der Waals surface area contributed by atoms with Gasteiger partial charge in [0.25, 0.3) is 11.8 Å². The molecule has 1 aliphatic rings. The quantitative estimate of drug-likeness (QED) is 0.937. The van der Waals surface area contributed by atoms with Crippen LogP contribution in [0.2, 0.25) is 0 Å². The molecule has 1 N–H and O–H groups in total. The van der Waals surface area contributed by atoms with E-state index in [4.69, 9.17) is 4.42 Å². The Hall–Kier alpha value is -2.60. The summed E-state index contributed by atoms with van der Waals surface area (Å²) >= 11 is 0. The fraction of sp³-hybridized carbons (Fsp3) is 0.294. The number of anilines is 1. The highest BCUT2D eigenvalue weighted by Gasteiger charge is 2.28. The standard InChI is InChI=1S/C17H18N2O4/c1-18(17(22)15-7-4-10-23-15)14-6-3-2-5-13(14)16(21)19-9-8-12(20)11-19/h2-7,10,12,20H,8-9,11H2,1H3/t12-/m1/s1. The van der Waals surface area contributed by atoms with Crippen LogP contribution in [0, 0.1) is 0 Å². The van der Waals surface area contributed by atoms with Crippen molar-refractivity contribution in [1.29, 1.82) is 0 Å². The molecule has 6 nitrogen and oxygen atoms in total. The zero-order valence-corrected chi connectivity index (χ0v) is 12.8. The number of nitrogens with zero attached hydrogens (tertiary/aromatic N) is 2. The second-order valence-corrected chi connectivity index (χ2v) is 5.55. The lowest BCUT2D eigenvalue weighted by Crippen LogP contribution is -2.33. The molecule has 1 aromatic carbocycles. The summed E-state index contributed by atoms with van der Waals surface area (Å²) in [6.07, 6.45) is 1.53. The second kappa shape index (κ2) is 6.26. The molecule has 0 unspecified atom stereocenters. The Labute approximate surface area is 133 Å². The van der Waals surface area contributed by atoms with Crippen molar-refractivity contribution < 1.29 is 19.1 Å². The van der Waals surface area contributed by atoms with Gasteiger partial charge in [-0.05, 0) is 30.7 Å². The first kappa shape index (κ1) is 15.3. The lowest BCUT2D eigenvalue weighted by molar-refractivity contribution is 0.0765. The molecule has 3 rings (SSSR count). The third-order valence-corrected chi connectivity index (χ3v) is 3.98. The van der Waals surface area contributed by atoms with Crippen molar-refractivity contribution in [3.63, 3.8) is 0 Å². The summed E-state index contributed by atoms with van der Waals surface area (Å²) in [5.41, 5.74) is 0.948. The third kappa shape index (κ3) is 2.98. The van der Waals surface area contributed by atoms with E-state index in [1.165, 1.54) is 11.2 Å². The number of hydrogen-bond donors (Lipinski definition) is 1. The molecule has 1 aliphatic heterocycles. The maximum absolute atomic E-state index is 12.7. The Morgan fingerprint density at radius 1 is 1.26 bits per heavy atom. The molecule has 2 aromatic rings. The number of likely N-dealkylation sites (tertiary alicyclic amines) is 1. The molecule has 1 saturated heterocycles. The number of carbonyl (C=O) groups excluding carboxylic acids is 2. The fourth-order valence-corrected chi connectivity index (χ4v) is 2.72.